The Morgan fingerprint density at radius 2 is 1.35 bits per heavy atom. The van der Waals surface area contributed by atoms with Crippen LogP contribution in [-0.2, 0) is 19.1 Å². The maximum atomic E-state index is 12.5. The summed E-state index contributed by atoms with van der Waals surface area (Å²) in [5.74, 6) is -6.88. The molecule has 2 aliphatic carbocycles. The summed E-state index contributed by atoms with van der Waals surface area (Å²) >= 11 is 0. The predicted molar refractivity (Wildman–Crippen MR) is 72.9 cm³/mol. The number of fused-ring (bicyclic) bond motifs is 5. The summed E-state index contributed by atoms with van der Waals surface area (Å²) in [6, 6.07) is 6.17. The van der Waals surface area contributed by atoms with E-state index in [2.05, 4.69) is 9.47 Å². The fraction of sp³-hybridized carbons (Fsp3) is 0.375. The van der Waals surface area contributed by atoms with Gasteiger partial charge in [0.05, 0.1) is 5.92 Å². The zero-order valence-corrected chi connectivity index (χ0v) is 12.7. The minimum atomic E-state index is -5.26. The first-order chi connectivity index (χ1) is 12.0. The lowest BCUT2D eigenvalue weighted by atomic mass is 9.86. The van der Waals surface area contributed by atoms with Crippen LogP contribution in [0.5, 0.6) is 0 Å². The molecular weight excluding hydrogens is 370 g/mol. The molecule has 2 bridgehead atoms. The molecule has 2 aliphatic rings. The van der Waals surface area contributed by atoms with E-state index < -0.39 is 48.3 Å². The monoisotopic (exact) mass is 380 g/mol. The molecule has 4 atom stereocenters. The predicted octanol–water partition coefficient (Wildman–Crippen LogP) is 3.39. The normalized spacial score (nSPS) is 27.0. The minimum Gasteiger partial charge on any atom is -0.454 e. The number of hydrogen-bond acceptors (Lipinski definition) is 4. The number of carbonyl (C=O) groups is 2. The van der Waals surface area contributed by atoms with Gasteiger partial charge in [-0.15, -0.1) is 0 Å². The smallest absolute Gasteiger partial charge is 0.454 e. The Hall–Kier alpha value is -2.52. The maximum Gasteiger partial charge on any atom is 0.490 e. The highest BCUT2D eigenvalue weighted by Gasteiger charge is 2.53. The number of alkyl halides is 6. The van der Waals surface area contributed by atoms with Gasteiger partial charge in [-0.2, -0.15) is 26.3 Å². The number of esters is 2. The summed E-state index contributed by atoms with van der Waals surface area (Å²) < 4.78 is 84.0. The van der Waals surface area contributed by atoms with Crippen LogP contribution >= 0.6 is 0 Å². The van der Waals surface area contributed by atoms with Gasteiger partial charge in [0, 0.05) is 5.92 Å². The topological polar surface area (TPSA) is 52.6 Å². The van der Waals surface area contributed by atoms with Gasteiger partial charge in [0.1, 0.15) is 12.2 Å². The summed E-state index contributed by atoms with van der Waals surface area (Å²) in [4.78, 5) is 22.4. The molecule has 0 fully saturated rings. The SMILES string of the molecule is O=C(O[C@@H]1[C@H]2c3ccccc3[C@@H]1C=C[C@@H]2OC(=O)C(F)(F)F)C(F)(F)F. The Morgan fingerprint density at radius 1 is 0.808 bits per heavy atom. The number of ether oxygens (including phenoxy) is 2. The molecule has 140 valence electrons. The lowest BCUT2D eigenvalue weighted by Crippen LogP contribution is -2.41. The van der Waals surface area contributed by atoms with Crippen molar-refractivity contribution in [3.8, 4) is 0 Å². The van der Waals surface area contributed by atoms with E-state index in [1.807, 2.05) is 0 Å². The Kier molecular flexibility index (Phi) is 4.24. The Balaban J connectivity index is 1.94. The van der Waals surface area contributed by atoms with Gasteiger partial charge in [-0.05, 0) is 17.2 Å². The third-order valence-corrected chi connectivity index (χ3v) is 4.23. The molecule has 0 saturated heterocycles. The van der Waals surface area contributed by atoms with Crippen LogP contribution < -0.4 is 0 Å². The highest BCUT2D eigenvalue weighted by Crippen LogP contribution is 2.50. The molecule has 3 rings (SSSR count). The molecule has 0 spiro atoms. The first-order valence-electron chi connectivity index (χ1n) is 7.33. The van der Waals surface area contributed by atoms with Gasteiger partial charge in [0.2, 0.25) is 0 Å². The molecule has 1 aromatic carbocycles. The third kappa shape index (κ3) is 3.15. The zero-order valence-electron chi connectivity index (χ0n) is 12.7. The molecule has 1 aromatic rings. The second kappa shape index (κ2) is 6.03. The van der Waals surface area contributed by atoms with Crippen molar-refractivity contribution in [3.05, 3.63) is 47.5 Å². The summed E-state index contributed by atoms with van der Waals surface area (Å²) in [5, 5.41) is 0. The van der Waals surface area contributed by atoms with Crippen LogP contribution in [0.2, 0.25) is 0 Å². The van der Waals surface area contributed by atoms with Crippen molar-refractivity contribution in [1.29, 1.82) is 0 Å². The van der Waals surface area contributed by atoms with Gasteiger partial charge in [0.15, 0.2) is 0 Å². The Labute approximate surface area is 142 Å². The first-order valence-corrected chi connectivity index (χ1v) is 7.33. The number of benzene rings is 1. The van der Waals surface area contributed by atoms with E-state index in [4.69, 9.17) is 0 Å². The summed E-state index contributed by atoms with van der Waals surface area (Å²) in [6.07, 6.45) is -11.0. The van der Waals surface area contributed by atoms with Crippen molar-refractivity contribution < 1.29 is 45.4 Å². The fourth-order valence-corrected chi connectivity index (χ4v) is 3.26. The van der Waals surface area contributed by atoms with Gasteiger partial charge in [-0.1, -0.05) is 30.3 Å². The van der Waals surface area contributed by atoms with Crippen LogP contribution in [0.15, 0.2) is 36.4 Å². The Bertz CT molecular complexity index is 767. The van der Waals surface area contributed by atoms with Crippen molar-refractivity contribution in [1.82, 2.24) is 0 Å². The summed E-state index contributed by atoms with van der Waals surface area (Å²) in [7, 11) is 0. The second-order valence-corrected chi connectivity index (χ2v) is 5.80. The molecule has 26 heavy (non-hydrogen) atoms. The van der Waals surface area contributed by atoms with Crippen molar-refractivity contribution >= 4 is 11.9 Å². The zero-order chi connectivity index (χ0) is 19.3. The Morgan fingerprint density at radius 3 is 1.92 bits per heavy atom. The number of rotatable bonds is 2. The average molecular weight is 380 g/mol. The molecule has 0 aromatic heterocycles. The van der Waals surface area contributed by atoms with Crippen molar-refractivity contribution in [2.75, 3.05) is 0 Å². The molecule has 0 radical (unpaired) electrons. The van der Waals surface area contributed by atoms with E-state index in [1.165, 1.54) is 18.2 Å². The van der Waals surface area contributed by atoms with E-state index in [9.17, 15) is 35.9 Å². The summed E-state index contributed by atoms with van der Waals surface area (Å²) in [5.41, 5.74) is 0.863. The van der Waals surface area contributed by atoms with E-state index in [0.717, 1.165) is 6.08 Å². The molecule has 0 amide bonds. The standard InChI is InChI=1S/C16H10F6O4/c17-15(18,19)13(23)25-10-6-5-9-7-3-1-2-4-8(7)11(10)12(9)26-14(24)16(20,21)22/h1-6,9-12H/t9-,10-,11-,12-/m0/s1. The molecule has 10 heteroatoms. The van der Waals surface area contributed by atoms with Crippen LogP contribution in [0.25, 0.3) is 0 Å². The lowest BCUT2D eigenvalue weighted by Gasteiger charge is -2.32. The van der Waals surface area contributed by atoms with E-state index in [-0.39, 0.29) is 0 Å². The van der Waals surface area contributed by atoms with Crippen molar-refractivity contribution in [2.45, 2.75) is 36.4 Å². The van der Waals surface area contributed by atoms with Crippen molar-refractivity contribution in [3.63, 3.8) is 0 Å². The number of halogens is 6. The highest BCUT2D eigenvalue weighted by molar-refractivity contribution is 5.77. The molecule has 0 N–H and O–H groups in total. The molecular formula is C16H10F6O4. The van der Waals surface area contributed by atoms with E-state index in [0.29, 0.717) is 11.1 Å². The number of carbonyl (C=O) groups excluding carboxylic acids is 2. The lowest BCUT2D eigenvalue weighted by molar-refractivity contribution is -0.211. The van der Waals surface area contributed by atoms with Gasteiger partial charge in [0.25, 0.3) is 0 Å². The molecule has 0 unspecified atom stereocenters. The average Bonchev–Trinajstić information content (AvgIpc) is 2.73. The minimum absolute atomic E-state index is 0.363. The maximum absolute atomic E-state index is 12.5. The van der Waals surface area contributed by atoms with Gasteiger partial charge >= 0.3 is 24.3 Å². The quantitative estimate of drug-likeness (QED) is 0.449. The van der Waals surface area contributed by atoms with Crippen LogP contribution in [0.3, 0.4) is 0 Å². The van der Waals surface area contributed by atoms with E-state index >= 15 is 0 Å². The van der Waals surface area contributed by atoms with Gasteiger partial charge in [-0.25, -0.2) is 9.59 Å². The molecule has 4 nitrogen and oxygen atoms in total. The van der Waals surface area contributed by atoms with E-state index in [1.54, 1.807) is 12.1 Å². The molecule has 0 heterocycles. The largest absolute Gasteiger partial charge is 0.490 e. The van der Waals surface area contributed by atoms with Crippen LogP contribution in [0.4, 0.5) is 26.3 Å². The highest BCUT2D eigenvalue weighted by atomic mass is 19.4. The third-order valence-electron chi connectivity index (χ3n) is 4.23. The van der Waals surface area contributed by atoms with Crippen LogP contribution in [0.1, 0.15) is 23.0 Å². The van der Waals surface area contributed by atoms with Gasteiger partial charge in [-0.3, -0.25) is 0 Å². The van der Waals surface area contributed by atoms with Crippen LogP contribution in [0, 0.1) is 0 Å². The molecule has 0 saturated carbocycles. The second-order valence-electron chi connectivity index (χ2n) is 5.80. The molecule has 0 aliphatic heterocycles. The fourth-order valence-electron chi connectivity index (χ4n) is 3.26. The summed E-state index contributed by atoms with van der Waals surface area (Å²) in [6.45, 7) is 0. The number of hydrogen-bond donors (Lipinski definition) is 0. The first kappa shape index (κ1) is 18.3. The van der Waals surface area contributed by atoms with Gasteiger partial charge < -0.3 is 9.47 Å². The van der Waals surface area contributed by atoms with Crippen LogP contribution in [-0.4, -0.2) is 36.5 Å². The van der Waals surface area contributed by atoms with Crippen molar-refractivity contribution in [2.24, 2.45) is 0 Å².